The molecule has 118 valence electrons. The number of carboxylic acids is 1. The Bertz CT molecular complexity index is 828. The molecule has 0 bridgehead atoms. The minimum atomic E-state index is -3.37. The van der Waals surface area contributed by atoms with Crippen LogP contribution in [0.25, 0.3) is 10.2 Å². The van der Waals surface area contributed by atoms with Crippen molar-refractivity contribution in [3.63, 3.8) is 0 Å². The first-order valence-electron chi connectivity index (χ1n) is 6.97. The molecule has 2 heterocycles. The van der Waals surface area contributed by atoms with Crippen LogP contribution in [-0.2, 0) is 14.6 Å². The fraction of sp³-hybridized carbons (Fsp3) is 0.429. The second-order valence-corrected chi connectivity index (χ2v) is 8.41. The van der Waals surface area contributed by atoms with Crippen molar-refractivity contribution in [2.75, 3.05) is 17.7 Å². The minimum absolute atomic E-state index is 0.191. The van der Waals surface area contributed by atoms with E-state index >= 15 is 0 Å². The highest BCUT2D eigenvalue weighted by Gasteiger charge is 2.31. The van der Waals surface area contributed by atoms with Crippen LogP contribution in [0.2, 0.25) is 0 Å². The summed E-state index contributed by atoms with van der Waals surface area (Å²) in [4.78, 5) is 17.8. The highest BCUT2D eigenvalue weighted by atomic mass is 32.2. The molecule has 1 aliphatic rings. The number of fused-ring (bicyclic) bond motifs is 1. The third-order valence-corrected chi connectivity index (χ3v) is 5.99. The molecule has 6 nitrogen and oxygen atoms in total. The number of carboxylic acid groups (broad SMARTS) is 1. The molecule has 0 saturated carbocycles. The maximum atomic E-state index is 11.9. The number of aliphatic carboxylic acids is 1. The van der Waals surface area contributed by atoms with Gasteiger partial charge in [0, 0.05) is 12.8 Å². The lowest BCUT2D eigenvalue weighted by molar-refractivity contribution is -0.139. The fourth-order valence-electron chi connectivity index (χ4n) is 2.75. The molecule has 0 radical (unpaired) electrons. The molecule has 1 aliphatic heterocycles. The van der Waals surface area contributed by atoms with Crippen molar-refractivity contribution in [3.8, 4) is 0 Å². The van der Waals surface area contributed by atoms with Crippen molar-refractivity contribution in [1.82, 2.24) is 4.98 Å². The van der Waals surface area contributed by atoms with E-state index in [0.29, 0.717) is 23.6 Å². The number of hydrogen-bond acceptors (Lipinski definition) is 6. The summed E-state index contributed by atoms with van der Waals surface area (Å²) < 4.78 is 24.5. The molecule has 3 rings (SSSR count). The van der Waals surface area contributed by atoms with Crippen LogP contribution in [0, 0.1) is 0 Å². The van der Waals surface area contributed by atoms with Crippen LogP contribution in [0.4, 0.5) is 5.13 Å². The Labute approximate surface area is 132 Å². The van der Waals surface area contributed by atoms with Gasteiger partial charge in [-0.15, -0.1) is 0 Å². The van der Waals surface area contributed by atoms with Gasteiger partial charge in [-0.1, -0.05) is 17.4 Å². The zero-order valence-electron chi connectivity index (χ0n) is 12.0. The highest BCUT2D eigenvalue weighted by molar-refractivity contribution is 7.91. The van der Waals surface area contributed by atoms with Gasteiger partial charge < -0.3 is 10.0 Å². The number of rotatable bonds is 3. The number of carbonyl (C=O) groups is 1. The van der Waals surface area contributed by atoms with Crippen LogP contribution in [0.3, 0.4) is 0 Å². The third kappa shape index (κ3) is 2.68. The third-order valence-electron chi connectivity index (χ3n) is 3.80. The number of sulfone groups is 1. The van der Waals surface area contributed by atoms with Gasteiger partial charge in [0.25, 0.3) is 0 Å². The Morgan fingerprint density at radius 1 is 1.41 bits per heavy atom. The van der Waals surface area contributed by atoms with E-state index in [4.69, 9.17) is 0 Å². The summed E-state index contributed by atoms with van der Waals surface area (Å²) in [6, 6.07) is 4.44. The number of benzene rings is 1. The molecule has 0 aliphatic carbocycles. The first-order chi connectivity index (χ1) is 10.4. The summed E-state index contributed by atoms with van der Waals surface area (Å²) in [5, 5.41) is 9.95. The van der Waals surface area contributed by atoms with E-state index in [-0.39, 0.29) is 4.90 Å². The zero-order chi connectivity index (χ0) is 15.9. The van der Waals surface area contributed by atoms with Crippen LogP contribution in [-0.4, -0.2) is 43.3 Å². The number of aromatic nitrogens is 1. The number of thiazole rings is 1. The Morgan fingerprint density at radius 3 is 2.86 bits per heavy atom. The van der Waals surface area contributed by atoms with Crippen molar-refractivity contribution < 1.29 is 18.3 Å². The minimum Gasteiger partial charge on any atom is -0.480 e. The number of para-hydroxylation sites is 1. The molecule has 8 heteroatoms. The summed E-state index contributed by atoms with van der Waals surface area (Å²) >= 11 is 1.34. The van der Waals surface area contributed by atoms with Gasteiger partial charge in [-0.05, 0) is 31.4 Å². The van der Waals surface area contributed by atoms with E-state index in [1.165, 1.54) is 17.4 Å². The van der Waals surface area contributed by atoms with Gasteiger partial charge in [0.1, 0.15) is 11.6 Å². The maximum Gasteiger partial charge on any atom is 0.326 e. The van der Waals surface area contributed by atoms with E-state index in [9.17, 15) is 18.3 Å². The summed E-state index contributed by atoms with van der Waals surface area (Å²) in [5.74, 6) is -0.859. The van der Waals surface area contributed by atoms with Crippen molar-refractivity contribution in [1.29, 1.82) is 0 Å². The standard InChI is InChI=1S/C14H16N2O4S2/c1-22(19,20)11-7-4-6-10-12(11)15-14(21-10)16-8-3-2-5-9(16)13(17)18/h4,6-7,9H,2-3,5,8H2,1H3,(H,17,18). The Hall–Kier alpha value is -1.67. The van der Waals surface area contributed by atoms with Crippen LogP contribution in [0.5, 0.6) is 0 Å². The smallest absolute Gasteiger partial charge is 0.326 e. The summed E-state index contributed by atoms with van der Waals surface area (Å²) in [5.41, 5.74) is 0.430. The maximum absolute atomic E-state index is 11.9. The first-order valence-corrected chi connectivity index (χ1v) is 9.68. The molecule has 0 spiro atoms. The van der Waals surface area contributed by atoms with Crippen molar-refractivity contribution >= 4 is 42.5 Å². The van der Waals surface area contributed by atoms with Crippen molar-refractivity contribution in [3.05, 3.63) is 18.2 Å². The van der Waals surface area contributed by atoms with Gasteiger partial charge in [0.2, 0.25) is 0 Å². The molecular weight excluding hydrogens is 324 g/mol. The quantitative estimate of drug-likeness (QED) is 0.921. The molecule has 0 amide bonds. The Balaban J connectivity index is 2.10. The van der Waals surface area contributed by atoms with Gasteiger partial charge in [-0.3, -0.25) is 0 Å². The highest BCUT2D eigenvalue weighted by Crippen LogP contribution is 2.35. The topological polar surface area (TPSA) is 87.6 Å². The average molecular weight is 340 g/mol. The number of hydrogen-bond donors (Lipinski definition) is 1. The average Bonchev–Trinajstić information content (AvgIpc) is 2.89. The van der Waals surface area contributed by atoms with E-state index in [2.05, 4.69) is 4.98 Å². The number of anilines is 1. The Morgan fingerprint density at radius 2 is 2.18 bits per heavy atom. The first kappa shape index (κ1) is 15.2. The molecule has 1 atom stereocenters. The second kappa shape index (κ2) is 5.51. The van der Waals surface area contributed by atoms with E-state index in [1.807, 2.05) is 6.07 Å². The summed E-state index contributed by atoms with van der Waals surface area (Å²) in [6.45, 7) is 0.630. The SMILES string of the molecule is CS(=O)(=O)c1cccc2sc(N3CCCCC3C(=O)O)nc12. The molecule has 22 heavy (non-hydrogen) atoms. The predicted octanol–water partition coefficient (Wildman–Crippen LogP) is 2.14. The normalized spacial score (nSPS) is 19.5. The molecule has 1 unspecified atom stereocenters. The Kier molecular flexibility index (Phi) is 3.82. The molecule has 2 aromatic rings. The van der Waals surface area contributed by atoms with Crippen LogP contribution in [0.1, 0.15) is 19.3 Å². The summed E-state index contributed by atoms with van der Waals surface area (Å²) in [7, 11) is -3.37. The zero-order valence-corrected chi connectivity index (χ0v) is 13.7. The lowest BCUT2D eigenvalue weighted by Crippen LogP contribution is -2.44. The number of nitrogens with zero attached hydrogens (tertiary/aromatic N) is 2. The van der Waals surface area contributed by atoms with Crippen molar-refractivity contribution in [2.24, 2.45) is 0 Å². The second-order valence-electron chi connectivity index (χ2n) is 5.41. The lowest BCUT2D eigenvalue weighted by atomic mass is 10.0. The van der Waals surface area contributed by atoms with Crippen LogP contribution < -0.4 is 4.90 Å². The van der Waals surface area contributed by atoms with Crippen LogP contribution in [0.15, 0.2) is 23.1 Å². The molecule has 1 N–H and O–H groups in total. The van der Waals surface area contributed by atoms with E-state index in [0.717, 1.165) is 23.8 Å². The van der Waals surface area contributed by atoms with Gasteiger partial charge in [-0.25, -0.2) is 18.2 Å². The molecule has 1 aromatic carbocycles. The van der Waals surface area contributed by atoms with Crippen molar-refractivity contribution in [2.45, 2.75) is 30.2 Å². The lowest BCUT2D eigenvalue weighted by Gasteiger charge is -2.32. The van der Waals surface area contributed by atoms with Crippen LogP contribution >= 0.6 is 11.3 Å². The predicted molar refractivity (Wildman–Crippen MR) is 85.4 cm³/mol. The fourth-order valence-corrected chi connectivity index (χ4v) is 4.72. The number of piperidine rings is 1. The van der Waals surface area contributed by atoms with Gasteiger partial charge in [0.05, 0.1) is 9.60 Å². The van der Waals surface area contributed by atoms with Gasteiger partial charge >= 0.3 is 5.97 Å². The van der Waals surface area contributed by atoms with E-state index in [1.54, 1.807) is 11.0 Å². The molecule has 1 saturated heterocycles. The molecule has 1 aromatic heterocycles. The molecular formula is C14H16N2O4S2. The van der Waals surface area contributed by atoms with Gasteiger partial charge in [-0.2, -0.15) is 0 Å². The summed E-state index contributed by atoms with van der Waals surface area (Å²) in [6.07, 6.45) is 3.54. The van der Waals surface area contributed by atoms with Gasteiger partial charge in [0.15, 0.2) is 15.0 Å². The van der Waals surface area contributed by atoms with E-state index < -0.39 is 21.8 Å². The largest absolute Gasteiger partial charge is 0.480 e. The monoisotopic (exact) mass is 340 g/mol. The molecule has 1 fully saturated rings.